The Balaban J connectivity index is 1.50. The molecule has 4 aromatic rings. The number of benzene rings is 2. The molecule has 0 atom stereocenters. The molecule has 0 bridgehead atoms. The third-order valence-corrected chi connectivity index (χ3v) is 6.48. The van der Waals surface area contributed by atoms with E-state index >= 15 is 0 Å². The van der Waals surface area contributed by atoms with Gasteiger partial charge in [0.15, 0.2) is 11.5 Å². The third-order valence-electron chi connectivity index (χ3n) is 5.35. The van der Waals surface area contributed by atoms with Gasteiger partial charge in [0.2, 0.25) is 12.7 Å². The van der Waals surface area contributed by atoms with Crippen LogP contribution in [0.4, 0.5) is 5.69 Å². The zero-order valence-electron chi connectivity index (χ0n) is 17.9. The van der Waals surface area contributed by atoms with E-state index in [1.807, 2.05) is 0 Å². The number of nitrogens with one attached hydrogen (secondary N) is 1. The number of anilines is 1. The Morgan fingerprint density at radius 3 is 2.76 bits per heavy atom. The number of hydrogen-bond acceptors (Lipinski definition) is 7. The van der Waals surface area contributed by atoms with Crippen LogP contribution in [0, 0.1) is 0 Å². The zero-order valence-corrected chi connectivity index (χ0v) is 19.4. The van der Waals surface area contributed by atoms with E-state index in [0.717, 1.165) is 4.57 Å². The van der Waals surface area contributed by atoms with Crippen molar-refractivity contribution in [3.05, 3.63) is 79.3 Å². The van der Waals surface area contributed by atoms with Gasteiger partial charge in [0.25, 0.3) is 5.56 Å². The van der Waals surface area contributed by atoms with Gasteiger partial charge in [-0.15, -0.1) is 11.3 Å². The SMILES string of the molecule is COc1ccc(Cl)cc1NC(=O)Cn1c(=O)n(Cc2ccc3c(c2)OCO3)c(=O)c2sccc21. The van der Waals surface area contributed by atoms with Crippen molar-refractivity contribution in [2.75, 3.05) is 19.2 Å². The van der Waals surface area contributed by atoms with Gasteiger partial charge < -0.3 is 19.5 Å². The molecule has 0 unspecified atom stereocenters. The monoisotopic (exact) mass is 499 g/mol. The minimum Gasteiger partial charge on any atom is -0.495 e. The van der Waals surface area contributed by atoms with Gasteiger partial charge in [-0.2, -0.15) is 0 Å². The maximum atomic E-state index is 13.4. The topological polar surface area (TPSA) is 101 Å². The summed E-state index contributed by atoms with van der Waals surface area (Å²) < 4.78 is 18.8. The van der Waals surface area contributed by atoms with Crippen molar-refractivity contribution in [2.45, 2.75) is 13.1 Å². The van der Waals surface area contributed by atoms with Gasteiger partial charge in [-0.05, 0) is 47.3 Å². The molecule has 0 saturated carbocycles. The van der Waals surface area contributed by atoms with Gasteiger partial charge in [-0.3, -0.25) is 18.7 Å². The molecule has 0 spiro atoms. The number of halogens is 1. The van der Waals surface area contributed by atoms with Gasteiger partial charge in [-0.25, -0.2) is 4.79 Å². The molecule has 34 heavy (non-hydrogen) atoms. The predicted molar refractivity (Wildman–Crippen MR) is 129 cm³/mol. The molecule has 3 heterocycles. The van der Waals surface area contributed by atoms with Crippen LogP contribution in [0.25, 0.3) is 10.2 Å². The van der Waals surface area contributed by atoms with Crippen LogP contribution in [0.3, 0.4) is 0 Å². The number of fused-ring (bicyclic) bond motifs is 2. The molecule has 1 aliphatic heterocycles. The Kier molecular flexibility index (Phi) is 5.76. The summed E-state index contributed by atoms with van der Waals surface area (Å²) in [4.78, 5) is 39.3. The fraction of sp³-hybridized carbons (Fsp3) is 0.174. The largest absolute Gasteiger partial charge is 0.495 e. The molecule has 9 nitrogen and oxygen atoms in total. The van der Waals surface area contributed by atoms with Crippen molar-refractivity contribution in [1.29, 1.82) is 0 Å². The highest BCUT2D eigenvalue weighted by Gasteiger charge is 2.19. The van der Waals surface area contributed by atoms with Gasteiger partial charge >= 0.3 is 5.69 Å². The molecule has 0 aliphatic carbocycles. The van der Waals surface area contributed by atoms with Crippen LogP contribution in [-0.2, 0) is 17.9 Å². The standard InChI is InChI=1S/C23H18ClN3O6S/c1-31-17-5-3-14(24)9-15(17)25-20(28)11-26-16-6-7-34-21(16)22(29)27(23(26)30)10-13-2-4-18-19(8-13)33-12-32-18/h2-9H,10-12H2,1H3,(H,25,28). The summed E-state index contributed by atoms with van der Waals surface area (Å²) in [5.74, 6) is 1.12. The van der Waals surface area contributed by atoms with E-state index in [9.17, 15) is 14.4 Å². The quantitative estimate of drug-likeness (QED) is 0.437. The van der Waals surface area contributed by atoms with Crippen LogP contribution < -0.4 is 30.8 Å². The maximum absolute atomic E-state index is 13.4. The summed E-state index contributed by atoms with van der Waals surface area (Å²) in [6.07, 6.45) is 0. The lowest BCUT2D eigenvalue weighted by Gasteiger charge is -2.14. The summed E-state index contributed by atoms with van der Waals surface area (Å²) in [5.41, 5.74) is 0.458. The average Bonchev–Trinajstić information content (AvgIpc) is 3.49. The molecule has 5 rings (SSSR count). The minimum absolute atomic E-state index is 0.0197. The van der Waals surface area contributed by atoms with E-state index in [0.29, 0.717) is 43.7 Å². The van der Waals surface area contributed by atoms with Crippen LogP contribution in [-0.4, -0.2) is 28.9 Å². The molecule has 1 N–H and O–H groups in total. The molecular weight excluding hydrogens is 482 g/mol. The Hall–Kier alpha value is -3.76. The molecule has 174 valence electrons. The number of thiophene rings is 1. The summed E-state index contributed by atoms with van der Waals surface area (Å²) in [6, 6.07) is 11.7. The zero-order chi connectivity index (χ0) is 23.8. The van der Waals surface area contributed by atoms with Crippen LogP contribution in [0.5, 0.6) is 17.2 Å². The number of carbonyl (C=O) groups is 1. The Labute approximate surface area is 201 Å². The molecule has 2 aromatic heterocycles. The molecule has 0 saturated heterocycles. The van der Waals surface area contributed by atoms with E-state index in [2.05, 4.69) is 5.32 Å². The van der Waals surface area contributed by atoms with Gasteiger partial charge in [0.05, 0.1) is 24.9 Å². The first-order chi connectivity index (χ1) is 16.4. The number of hydrogen-bond donors (Lipinski definition) is 1. The van der Waals surface area contributed by atoms with Gasteiger partial charge in [0, 0.05) is 5.02 Å². The van der Waals surface area contributed by atoms with Crippen molar-refractivity contribution in [3.63, 3.8) is 0 Å². The van der Waals surface area contributed by atoms with Gasteiger partial charge in [0.1, 0.15) is 17.0 Å². The first kappa shape index (κ1) is 22.1. The summed E-state index contributed by atoms with van der Waals surface area (Å²) in [7, 11) is 1.48. The highest BCUT2D eigenvalue weighted by molar-refractivity contribution is 7.17. The first-order valence-electron chi connectivity index (χ1n) is 10.2. The van der Waals surface area contributed by atoms with Crippen molar-refractivity contribution >= 4 is 44.7 Å². The van der Waals surface area contributed by atoms with Crippen LogP contribution in [0.15, 0.2) is 57.4 Å². The molecule has 0 fully saturated rings. The van der Waals surface area contributed by atoms with E-state index < -0.39 is 17.2 Å². The summed E-state index contributed by atoms with van der Waals surface area (Å²) >= 11 is 7.25. The second-order valence-corrected chi connectivity index (χ2v) is 8.83. The van der Waals surface area contributed by atoms with Crippen molar-refractivity contribution in [2.24, 2.45) is 0 Å². The van der Waals surface area contributed by atoms with E-state index in [1.165, 1.54) is 23.0 Å². The second-order valence-electron chi connectivity index (χ2n) is 7.48. The fourth-order valence-electron chi connectivity index (χ4n) is 3.76. The lowest BCUT2D eigenvalue weighted by Crippen LogP contribution is -2.41. The predicted octanol–water partition coefficient (Wildman–Crippen LogP) is 3.30. The van der Waals surface area contributed by atoms with E-state index in [1.54, 1.807) is 47.8 Å². The van der Waals surface area contributed by atoms with Crippen LogP contribution in [0.1, 0.15) is 5.56 Å². The van der Waals surface area contributed by atoms with Gasteiger partial charge in [-0.1, -0.05) is 17.7 Å². The summed E-state index contributed by atoms with van der Waals surface area (Å²) in [6.45, 7) is -0.158. The van der Waals surface area contributed by atoms with E-state index in [4.69, 9.17) is 25.8 Å². The molecule has 1 amide bonds. The molecular formula is C23H18ClN3O6S. The number of aromatic nitrogens is 2. The van der Waals surface area contributed by atoms with Crippen molar-refractivity contribution < 1.29 is 19.0 Å². The molecule has 11 heteroatoms. The highest BCUT2D eigenvalue weighted by Crippen LogP contribution is 2.32. The first-order valence-corrected chi connectivity index (χ1v) is 11.4. The Morgan fingerprint density at radius 1 is 1.12 bits per heavy atom. The minimum atomic E-state index is -0.596. The fourth-order valence-corrected chi connectivity index (χ4v) is 4.77. The average molecular weight is 500 g/mol. The maximum Gasteiger partial charge on any atom is 0.332 e. The number of nitrogens with zero attached hydrogens (tertiary/aromatic N) is 2. The second kappa shape index (κ2) is 8.88. The van der Waals surface area contributed by atoms with E-state index in [-0.39, 0.29) is 19.9 Å². The normalized spacial score (nSPS) is 12.2. The van der Waals surface area contributed by atoms with Crippen LogP contribution >= 0.6 is 22.9 Å². The Bertz CT molecular complexity index is 1540. The number of ether oxygens (including phenoxy) is 3. The number of carbonyl (C=O) groups excluding carboxylic acids is 1. The lowest BCUT2D eigenvalue weighted by molar-refractivity contribution is -0.116. The number of amides is 1. The molecule has 0 radical (unpaired) electrons. The third kappa shape index (κ3) is 4.02. The molecule has 2 aromatic carbocycles. The number of methoxy groups -OCH3 is 1. The van der Waals surface area contributed by atoms with Crippen molar-refractivity contribution in [1.82, 2.24) is 9.13 Å². The smallest absolute Gasteiger partial charge is 0.332 e. The summed E-state index contributed by atoms with van der Waals surface area (Å²) in [5, 5.41) is 4.86. The van der Waals surface area contributed by atoms with Crippen molar-refractivity contribution in [3.8, 4) is 17.2 Å². The number of rotatable bonds is 6. The highest BCUT2D eigenvalue weighted by atomic mass is 35.5. The van der Waals surface area contributed by atoms with Crippen LogP contribution in [0.2, 0.25) is 5.02 Å². The molecule has 1 aliphatic rings. The lowest BCUT2D eigenvalue weighted by atomic mass is 10.2. The Morgan fingerprint density at radius 2 is 1.94 bits per heavy atom.